The van der Waals surface area contributed by atoms with Gasteiger partial charge in [0.1, 0.15) is 0 Å². The Balaban J connectivity index is 1.89. The lowest BCUT2D eigenvalue weighted by Crippen LogP contribution is -2.47. The molecular formula is C17H24ClN3O2. The molecule has 0 aromatic heterocycles. The van der Waals surface area contributed by atoms with Gasteiger partial charge in [-0.25, -0.2) is 4.79 Å². The quantitative estimate of drug-likeness (QED) is 0.887. The minimum absolute atomic E-state index is 0.000663. The molecular weight excluding hydrogens is 314 g/mol. The van der Waals surface area contributed by atoms with Crippen molar-refractivity contribution >= 4 is 29.2 Å². The van der Waals surface area contributed by atoms with Gasteiger partial charge in [-0.05, 0) is 51.3 Å². The second kappa shape index (κ2) is 7.68. The summed E-state index contributed by atoms with van der Waals surface area (Å²) in [5, 5.41) is 6.48. The van der Waals surface area contributed by atoms with Crippen molar-refractivity contribution < 1.29 is 9.59 Å². The third-order valence-electron chi connectivity index (χ3n) is 4.09. The topological polar surface area (TPSA) is 61.4 Å². The van der Waals surface area contributed by atoms with Crippen molar-refractivity contribution in [3.05, 3.63) is 28.8 Å². The maximum absolute atomic E-state index is 12.4. The van der Waals surface area contributed by atoms with E-state index in [-0.39, 0.29) is 23.9 Å². The van der Waals surface area contributed by atoms with Crippen molar-refractivity contribution in [1.82, 2.24) is 10.2 Å². The van der Waals surface area contributed by atoms with Crippen LogP contribution < -0.4 is 10.6 Å². The number of hydrogen-bond donors (Lipinski definition) is 2. The number of nitrogens with one attached hydrogen (secondary N) is 2. The van der Waals surface area contributed by atoms with Gasteiger partial charge in [0.15, 0.2) is 0 Å². The van der Waals surface area contributed by atoms with E-state index in [1.165, 1.54) is 0 Å². The fraction of sp³-hybridized carbons (Fsp3) is 0.529. The van der Waals surface area contributed by atoms with Crippen LogP contribution in [0, 0.1) is 12.8 Å². The fourth-order valence-corrected chi connectivity index (χ4v) is 2.84. The van der Waals surface area contributed by atoms with E-state index in [0.29, 0.717) is 31.0 Å². The summed E-state index contributed by atoms with van der Waals surface area (Å²) in [6, 6.07) is 5.55. The van der Waals surface area contributed by atoms with E-state index in [9.17, 15) is 9.59 Å². The van der Waals surface area contributed by atoms with E-state index in [1.54, 1.807) is 11.0 Å². The third kappa shape index (κ3) is 4.61. The van der Waals surface area contributed by atoms with E-state index in [2.05, 4.69) is 10.6 Å². The predicted octanol–water partition coefficient (Wildman–Crippen LogP) is 3.42. The molecule has 2 rings (SSSR count). The lowest BCUT2D eigenvalue weighted by Gasteiger charge is -2.32. The highest BCUT2D eigenvalue weighted by Gasteiger charge is 2.27. The molecule has 5 nitrogen and oxygen atoms in total. The highest BCUT2D eigenvalue weighted by molar-refractivity contribution is 6.31. The van der Waals surface area contributed by atoms with E-state index in [4.69, 9.17) is 11.6 Å². The van der Waals surface area contributed by atoms with Gasteiger partial charge < -0.3 is 15.5 Å². The number of amides is 3. The van der Waals surface area contributed by atoms with Crippen molar-refractivity contribution in [1.29, 1.82) is 0 Å². The zero-order valence-electron chi connectivity index (χ0n) is 13.9. The van der Waals surface area contributed by atoms with Gasteiger partial charge in [0.2, 0.25) is 5.91 Å². The molecule has 0 spiro atoms. The number of anilines is 1. The molecule has 3 amide bonds. The summed E-state index contributed by atoms with van der Waals surface area (Å²) in [4.78, 5) is 26.1. The van der Waals surface area contributed by atoms with Crippen LogP contribution in [-0.4, -0.2) is 36.0 Å². The smallest absolute Gasteiger partial charge is 0.317 e. The highest BCUT2D eigenvalue weighted by atomic mass is 35.5. The molecule has 1 aromatic carbocycles. The van der Waals surface area contributed by atoms with E-state index in [0.717, 1.165) is 11.3 Å². The van der Waals surface area contributed by atoms with Gasteiger partial charge in [0.05, 0.1) is 0 Å². The van der Waals surface area contributed by atoms with Crippen molar-refractivity contribution in [2.75, 3.05) is 18.4 Å². The molecule has 0 atom stereocenters. The van der Waals surface area contributed by atoms with Crippen molar-refractivity contribution in [3.63, 3.8) is 0 Å². The molecule has 2 N–H and O–H groups in total. The Hall–Kier alpha value is -1.75. The summed E-state index contributed by atoms with van der Waals surface area (Å²) >= 11 is 6.08. The lowest BCUT2D eigenvalue weighted by atomic mass is 9.96. The summed E-state index contributed by atoms with van der Waals surface area (Å²) in [7, 11) is 0. The number of hydrogen-bond acceptors (Lipinski definition) is 2. The predicted molar refractivity (Wildman–Crippen MR) is 92.8 cm³/mol. The van der Waals surface area contributed by atoms with Gasteiger partial charge in [0.25, 0.3) is 0 Å². The van der Waals surface area contributed by atoms with Gasteiger partial charge in [0, 0.05) is 35.8 Å². The summed E-state index contributed by atoms with van der Waals surface area (Å²) < 4.78 is 0. The molecule has 0 bridgehead atoms. The number of nitrogens with zero attached hydrogens (tertiary/aromatic N) is 1. The zero-order chi connectivity index (χ0) is 17.0. The molecule has 1 fully saturated rings. The molecule has 0 saturated carbocycles. The maximum Gasteiger partial charge on any atom is 0.317 e. The van der Waals surface area contributed by atoms with Crippen LogP contribution in [0.1, 0.15) is 32.3 Å². The number of likely N-dealkylation sites (tertiary alicyclic amines) is 1. The van der Waals surface area contributed by atoms with E-state index in [1.807, 2.05) is 32.9 Å². The molecule has 0 radical (unpaired) electrons. The second-order valence-electron chi connectivity index (χ2n) is 6.27. The average molecular weight is 338 g/mol. The van der Waals surface area contributed by atoms with Crippen LogP contribution in [0.25, 0.3) is 0 Å². The zero-order valence-corrected chi connectivity index (χ0v) is 14.6. The van der Waals surface area contributed by atoms with E-state index >= 15 is 0 Å². The summed E-state index contributed by atoms with van der Waals surface area (Å²) in [5.41, 5.74) is 1.62. The summed E-state index contributed by atoms with van der Waals surface area (Å²) in [6.45, 7) is 6.96. The number of urea groups is 1. The monoisotopic (exact) mass is 337 g/mol. The van der Waals surface area contributed by atoms with Crippen LogP contribution in [0.5, 0.6) is 0 Å². The first-order valence-electron chi connectivity index (χ1n) is 8.00. The Kier molecular flexibility index (Phi) is 5.88. The number of rotatable bonds is 3. The minimum Gasteiger partial charge on any atom is -0.336 e. The molecule has 1 aliphatic heterocycles. The van der Waals surface area contributed by atoms with Crippen molar-refractivity contribution in [2.24, 2.45) is 5.92 Å². The van der Waals surface area contributed by atoms with Crippen molar-refractivity contribution in [2.45, 2.75) is 39.7 Å². The maximum atomic E-state index is 12.4. The highest BCUT2D eigenvalue weighted by Crippen LogP contribution is 2.25. The van der Waals surface area contributed by atoms with Gasteiger partial charge >= 0.3 is 6.03 Å². The second-order valence-corrected chi connectivity index (χ2v) is 6.67. The Labute approximate surface area is 142 Å². The van der Waals surface area contributed by atoms with Crippen LogP contribution in [0.15, 0.2) is 18.2 Å². The Morgan fingerprint density at radius 2 is 1.91 bits per heavy atom. The SMILES string of the molecule is Cc1c(Cl)cccc1NC(=O)C1CCN(C(=O)NC(C)C)CC1. The van der Waals surface area contributed by atoms with Gasteiger partial charge in [-0.15, -0.1) is 0 Å². The fourth-order valence-electron chi connectivity index (χ4n) is 2.66. The summed E-state index contributed by atoms with van der Waals surface area (Å²) in [5.74, 6) is -0.0734. The number of piperidine rings is 1. The molecule has 1 heterocycles. The number of halogens is 1. The van der Waals surface area contributed by atoms with Gasteiger partial charge in [-0.1, -0.05) is 17.7 Å². The first-order chi connectivity index (χ1) is 10.9. The minimum atomic E-state index is -0.0727. The molecule has 6 heteroatoms. The molecule has 0 unspecified atom stereocenters. The van der Waals surface area contributed by atoms with Crippen molar-refractivity contribution in [3.8, 4) is 0 Å². The molecule has 126 valence electrons. The Bertz CT molecular complexity index is 581. The lowest BCUT2D eigenvalue weighted by molar-refractivity contribution is -0.121. The normalized spacial score (nSPS) is 15.6. The van der Waals surface area contributed by atoms with E-state index < -0.39 is 0 Å². The van der Waals surface area contributed by atoms with Crippen LogP contribution in [-0.2, 0) is 4.79 Å². The number of carbonyl (C=O) groups excluding carboxylic acids is 2. The largest absolute Gasteiger partial charge is 0.336 e. The number of benzene rings is 1. The van der Waals surface area contributed by atoms with Gasteiger partial charge in [-0.2, -0.15) is 0 Å². The van der Waals surface area contributed by atoms with Crippen LogP contribution >= 0.6 is 11.6 Å². The van der Waals surface area contributed by atoms with Crippen LogP contribution in [0.3, 0.4) is 0 Å². The Morgan fingerprint density at radius 3 is 2.52 bits per heavy atom. The molecule has 1 aliphatic rings. The standard InChI is InChI=1S/C17H24ClN3O2/c1-11(2)19-17(23)21-9-7-13(8-10-21)16(22)20-15-6-4-5-14(18)12(15)3/h4-6,11,13H,7-10H2,1-3H3,(H,19,23)(H,20,22). The first-order valence-corrected chi connectivity index (χ1v) is 8.37. The average Bonchev–Trinajstić information content (AvgIpc) is 2.51. The van der Waals surface area contributed by atoms with Crippen LogP contribution in [0.4, 0.5) is 10.5 Å². The first kappa shape index (κ1) is 17.6. The molecule has 1 saturated heterocycles. The molecule has 0 aliphatic carbocycles. The van der Waals surface area contributed by atoms with Crippen LogP contribution in [0.2, 0.25) is 5.02 Å². The third-order valence-corrected chi connectivity index (χ3v) is 4.50. The Morgan fingerprint density at radius 1 is 1.26 bits per heavy atom. The number of carbonyl (C=O) groups is 2. The summed E-state index contributed by atoms with van der Waals surface area (Å²) in [6.07, 6.45) is 1.36. The van der Waals surface area contributed by atoms with Gasteiger partial charge in [-0.3, -0.25) is 4.79 Å². The molecule has 23 heavy (non-hydrogen) atoms. The molecule has 1 aromatic rings.